The lowest BCUT2D eigenvalue weighted by Gasteiger charge is -2.25. The van der Waals surface area contributed by atoms with Crippen LogP contribution in [0.2, 0.25) is 0 Å². The van der Waals surface area contributed by atoms with Gasteiger partial charge in [-0.15, -0.1) is 11.3 Å². The molecule has 4 nitrogen and oxygen atoms in total. The molecule has 0 aliphatic heterocycles. The van der Waals surface area contributed by atoms with Gasteiger partial charge in [-0.25, -0.2) is 8.42 Å². The number of nitrogens with zero attached hydrogens (tertiary/aromatic N) is 1. The van der Waals surface area contributed by atoms with E-state index in [1.165, 1.54) is 0 Å². The molecule has 1 N–H and O–H groups in total. The molecule has 0 aliphatic rings. The first-order valence-electron chi connectivity index (χ1n) is 7.54. The predicted octanol–water partition coefficient (Wildman–Crippen LogP) is 3.36. The number of hydrogen-bond acceptors (Lipinski definition) is 4. The van der Waals surface area contributed by atoms with E-state index in [2.05, 4.69) is 19.2 Å². The van der Waals surface area contributed by atoms with Crippen LogP contribution in [0.5, 0.6) is 0 Å². The highest BCUT2D eigenvalue weighted by Gasteiger charge is 2.29. The minimum Gasteiger partial charge on any atom is -0.310 e. The number of sulfonamides is 1. The van der Waals surface area contributed by atoms with Crippen LogP contribution in [-0.4, -0.2) is 31.4 Å². The molecule has 0 radical (unpaired) electrons. The highest BCUT2D eigenvalue weighted by molar-refractivity contribution is 7.89. The quantitative estimate of drug-likeness (QED) is 0.794. The van der Waals surface area contributed by atoms with E-state index in [1.807, 2.05) is 33.8 Å². The van der Waals surface area contributed by atoms with Crippen LogP contribution < -0.4 is 5.32 Å². The minimum atomic E-state index is -3.39. The maximum atomic E-state index is 12.8. The second kappa shape index (κ2) is 7.72. The molecule has 0 fully saturated rings. The van der Waals surface area contributed by atoms with Crippen molar-refractivity contribution in [2.75, 3.05) is 6.54 Å². The summed E-state index contributed by atoms with van der Waals surface area (Å²) in [4.78, 5) is 2.41. The molecule has 122 valence electrons. The number of thiophene rings is 1. The Morgan fingerprint density at radius 3 is 2.38 bits per heavy atom. The van der Waals surface area contributed by atoms with Crippen LogP contribution in [-0.2, 0) is 16.6 Å². The summed E-state index contributed by atoms with van der Waals surface area (Å²) < 4.78 is 27.3. The zero-order valence-corrected chi connectivity index (χ0v) is 15.6. The predicted molar refractivity (Wildman–Crippen MR) is 90.4 cm³/mol. The SMILES string of the molecule is CCCN(C(C)C)S(=O)(=O)c1cc(CNC(C)C)sc1C. The molecule has 0 amide bonds. The van der Waals surface area contributed by atoms with Crippen LogP contribution in [0.15, 0.2) is 11.0 Å². The molecule has 1 rings (SSSR count). The molecule has 0 bridgehead atoms. The molecule has 0 atom stereocenters. The molecular formula is C15H28N2O2S2. The van der Waals surface area contributed by atoms with E-state index >= 15 is 0 Å². The Labute approximate surface area is 133 Å². The van der Waals surface area contributed by atoms with Gasteiger partial charge in [0, 0.05) is 34.9 Å². The Bertz CT molecular complexity index is 548. The Kier molecular flexibility index (Phi) is 6.84. The van der Waals surface area contributed by atoms with E-state index in [0.717, 1.165) is 16.2 Å². The Hall–Kier alpha value is -0.430. The van der Waals surface area contributed by atoms with E-state index in [4.69, 9.17) is 0 Å². The lowest BCUT2D eigenvalue weighted by Crippen LogP contribution is -2.37. The van der Waals surface area contributed by atoms with Gasteiger partial charge in [-0.2, -0.15) is 4.31 Å². The number of rotatable bonds is 8. The summed E-state index contributed by atoms with van der Waals surface area (Å²) in [7, 11) is -3.39. The van der Waals surface area contributed by atoms with Crippen LogP contribution in [0.1, 0.15) is 50.8 Å². The first kappa shape index (κ1) is 18.6. The Morgan fingerprint density at radius 1 is 1.29 bits per heavy atom. The fourth-order valence-electron chi connectivity index (χ4n) is 2.17. The van der Waals surface area contributed by atoms with Crippen molar-refractivity contribution >= 4 is 21.4 Å². The molecule has 0 saturated carbocycles. The third kappa shape index (κ3) is 4.77. The van der Waals surface area contributed by atoms with Gasteiger partial charge in [0.2, 0.25) is 10.0 Å². The Balaban J connectivity index is 3.07. The minimum absolute atomic E-state index is 0.0218. The van der Waals surface area contributed by atoms with Crippen molar-refractivity contribution in [2.24, 2.45) is 0 Å². The highest BCUT2D eigenvalue weighted by Crippen LogP contribution is 2.29. The fourth-order valence-corrected chi connectivity index (χ4v) is 5.46. The van der Waals surface area contributed by atoms with E-state index in [-0.39, 0.29) is 6.04 Å². The van der Waals surface area contributed by atoms with Crippen molar-refractivity contribution in [1.29, 1.82) is 0 Å². The summed E-state index contributed by atoms with van der Waals surface area (Å²) in [6, 6.07) is 2.20. The number of aryl methyl sites for hydroxylation is 1. The zero-order chi connectivity index (χ0) is 16.2. The molecule has 0 unspecified atom stereocenters. The maximum absolute atomic E-state index is 12.8. The summed E-state index contributed by atoms with van der Waals surface area (Å²) in [5.41, 5.74) is 0. The van der Waals surface area contributed by atoms with Gasteiger partial charge < -0.3 is 5.32 Å². The molecular weight excluding hydrogens is 304 g/mol. The van der Waals surface area contributed by atoms with Gasteiger partial charge in [0.05, 0.1) is 4.90 Å². The van der Waals surface area contributed by atoms with Crippen molar-refractivity contribution in [3.63, 3.8) is 0 Å². The summed E-state index contributed by atoms with van der Waals surface area (Å²) in [6.45, 7) is 13.2. The second-order valence-electron chi connectivity index (χ2n) is 5.88. The summed E-state index contributed by atoms with van der Waals surface area (Å²) in [6.07, 6.45) is 0.822. The van der Waals surface area contributed by atoms with Crippen molar-refractivity contribution in [1.82, 2.24) is 9.62 Å². The maximum Gasteiger partial charge on any atom is 0.244 e. The van der Waals surface area contributed by atoms with Gasteiger partial charge in [0.15, 0.2) is 0 Å². The monoisotopic (exact) mass is 332 g/mol. The number of nitrogens with one attached hydrogen (secondary N) is 1. The van der Waals surface area contributed by atoms with Gasteiger partial charge in [-0.1, -0.05) is 20.8 Å². The van der Waals surface area contributed by atoms with E-state index in [9.17, 15) is 8.42 Å². The molecule has 0 aromatic carbocycles. The molecule has 0 aliphatic carbocycles. The lowest BCUT2D eigenvalue weighted by atomic mass is 10.3. The van der Waals surface area contributed by atoms with Gasteiger partial charge in [-0.3, -0.25) is 0 Å². The molecule has 0 saturated heterocycles. The molecule has 21 heavy (non-hydrogen) atoms. The van der Waals surface area contributed by atoms with E-state index in [1.54, 1.807) is 15.6 Å². The standard InChI is InChI=1S/C15H28N2O2S2/c1-7-8-17(12(4)5)21(18,19)15-9-14(20-13(15)6)10-16-11(2)3/h9,11-12,16H,7-8,10H2,1-6H3. The zero-order valence-electron chi connectivity index (χ0n) is 13.9. The first-order chi connectivity index (χ1) is 9.70. The topological polar surface area (TPSA) is 49.4 Å². The van der Waals surface area contributed by atoms with Gasteiger partial charge in [0.1, 0.15) is 0 Å². The average molecular weight is 333 g/mol. The average Bonchev–Trinajstić information content (AvgIpc) is 2.75. The molecule has 1 aromatic rings. The van der Waals surface area contributed by atoms with Crippen LogP contribution in [0.3, 0.4) is 0 Å². The fraction of sp³-hybridized carbons (Fsp3) is 0.733. The van der Waals surface area contributed by atoms with Crippen molar-refractivity contribution < 1.29 is 8.42 Å². The van der Waals surface area contributed by atoms with Gasteiger partial charge >= 0.3 is 0 Å². The van der Waals surface area contributed by atoms with Crippen LogP contribution >= 0.6 is 11.3 Å². The van der Waals surface area contributed by atoms with Gasteiger partial charge in [-0.05, 0) is 33.3 Å². The third-order valence-electron chi connectivity index (χ3n) is 3.21. The largest absolute Gasteiger partial charge is 0.310 e. The van der Waals surface area contributed by atoms with Crippen molar-refractivity contribution in [3.05, 3.63) is 15.8 Å². The summed E-state index contributed by atoms with van der Waals surface area (Å²) >= 11 is 1.56. The van der Waals surface area contributed by atoms with Crippen molar-refractivity contribution in [2.45, 2.75) is 71.5 Å². The molecule has 0 spiro atoms. The molecule has 1 heterocycles. The Morgan fingerprint density at radius 2 is 1.90 bits per heavy atom. The lowest BCUT2D eigenvalue weighted by molar-refractivity contribution is 0.354. The second-order valence-corrected chi connectivity index (χ2v) is 9.08. The smallest absolute Gasteiger partial charge is 0.244 e. The molecule has 6 heteroatoms. The third-order valence-corrected chi connectivity index (χ3v) is 6.60. The normalized spacial score (nSPS) is 12.8. The summed E-state index contributed by atoms with van der Waals surface area (Å²) in [5.74, 6) is 0. The van der Waals surface area contributed by atoms with E-state index < -0.39 is 10.0 Å². The van der Waals surface area contributed by atoms with Gasteiger partial charge in [0.25, 0.3) is 0 Å². The molecule has 1 aromatic heterocycles. The van der Waals surface area contributed by atoms with E-state index in [0.29, 0.717) is 24.0 Å². The van der Waals surface area contributed by atoms with Crippen molar-refractivity contribution in [3.8, 4) is 0 Å². The summed E-state index contributed by atoms with van der Waals surface area (Å²) in [5, 5.41) is 3.33. The first-order valence-corrected chi connectivity index (χ1v) is 9.80. The van der Waals surface area contributed by atoms with Crippen LogP contribution in [0.25, 0.3) is 0 Å². The van der Waals surface area contributed by atoms with Crippen LogP contribution in [0, 0.1) is 6.92 Å². The highest BCUT2D eigenvalue weighted by atomic mass is 32.2. The van der Waals surface area contributed by atoms with Crippen LogP contribution in [0.4, 0.5) is 0 Å². The number of hydrogen-bond donors (Lipinski definition) is 1.